The number of carboxylic acid groups (broad SMARTS) is 1. The summed E-state index contributed by atoms with van der Waals surface area (Å²) in [5.74, 6) is -1.76. The van der Waals surface area contributed by atoms with Gasteiger partial charge in [0.05, 0.1) is 0 Å². The first-order chi connectivity index (χ1) is 14.8. The fourth-order valence-electron chi connectivity index (χ4n) is 3.79. The molecule has 0 radical (unpaired) electrons. The van der Waals surface area contributed by atoms with Crippen LogP contribution in [0.3, 0.4) is 0 Å². The number of benzene rings is 2. The molecule has 1 aliphatic carbocycles. The van der Waals surface area contributed by atoms with Gasteiger partial charge in [-0.15, -0.1) is 0 Å². The molecular formula is C24H28N2O5. The lowest BCUT2D eigenvalue weighted by Crippen LogP contribution is -2.57. The van der Waals surface area contributed by atoms with Crippen molar-refractivity contribution in [2.24, 2.45) is 0 Å². The Hall–Kier alpha value is -3.35. The van der Waals surface area contributed by atoms with Crippen molar-refractivity contribution < 1.29 is 24.2 Å². The van der Waals surface area contributed by atoms with Crippen LogP contribution in [0.5, 0.6) is 0 Å². The molecule has 0 heterocycles. The Balaban J connectivity index is 1.64. The zero-order chi connectivity index (χ0) is 22.6. The third-order valence-electron chi connectivity index (χ3n) is 5.94. The van der Waals surface area contributed by atoms with E-state index in [1.165, 1.54) is 6.92 Å². The van der Waals surface area contributed by atoms with E-state index < -0.39 is 29.6 Å². The van der Waals surface area contributed by atoms with Crippen LogP contribution in [-0.2, 0) is 14.3 Å². The molecule has 2 aromatic rings. The van der Waals surface area contributed by atoms with Gasteiger partial charge in [-0.05, 0) is 42.0 Å². The van der Waals surface area contributed by atoms with E-state index in [9.17, 15) is 19.5 Å². The Morgan fingerprint density at radius 3 is 2.06 bits per heavy atom. The Kier molecular flexibility index (Phi) is 6.63. The van der Waals surface area contributed by atoms with Crippen molar-refractivity contribution in [3.63, 3.8) is 0 Å². The molecule has 0 saturated carbocycles. The van der Waals surface area contributed by atoms with E-state index in [1.807, 2.05) is 36.4 Å². The van der Waals surface area contributed by atoms with Gasteiger partial charge in [0, 0.05) is 5.92 Å². The summed E-state index contributed by atoms with van der Waals surface area (Å²) in [7, 11) is 0. The second-order valence-corrected chi connectivity index (χ2v) is 7.91. The van der Waals surface area contributed by atoms with Gasteiger partial charge in [0.1, 0.15) is 18.2 Å². The number of aliphatic carboxylic acids is 1. The van der Waals surface area contributed by atoms with Gasteiger partial charge in [0.15, 0.2) is 0 Å². The summed E-state index contributed by atoms with van der Waals surface area (Å²) < 4.78 is 5.48. The van der Waals surface area contributed by atoms with Gasteiger partial charge in [0.25, 0.3) is 0 Å². The van der Waals surface area contributed by atoms with Crippen molar-refractivity contribution >= 4 is 18.0 Å². The third-order valence-corrected chi connectivity index (χ3v) is 5.94. The zero-order valence-electron chi connectivity index (χ0n) is 18.0. The molecule has 2 aromatic carbocycles. The highest BCUT2D eigenvalue weighted by atomic mass is 16.5. The SMILES string of the molecule is CC[C@@H](NC(=O)OCC1c2ccccc2-c2ccccc21)C(=O)NC(C)(CC)C(=O)O. The molecule has 164 valence electrons. The van der Waals surface area contributed by atoms with E-state index >= 15 is 0 Å². The number of hydrogen-bond donors (Lipinski definition) is 3. The van der Waals surface area contributed by atoms with Crippen LogP contribution >= 0.6 is 0 Å². The number of ether oxygens (including phenoxy) is 1. The van der Waals surface area contributed by atoms with Crippen LogP contribution in [0.1, 0.15) is 50.7 Å². The molecule has 7 nitrogen and oxygen atoms in total. The summed E-state index contributed by atoms with van der Waals surface area (Å²) >= 11 is 0. The topological polar surface area (TPSA) is 105 Å². The predicted molar refractivity (Wildman–Crippen MR) is 117 cm³/mol. The first-order valence-corrected chi connectivity index (χ1v) is 10.5. The Morgan fingerprint density at radius 2 is 1.58 bits per heavy atom. The molecular weight excluding hydrogens is 396 g/mol. The molecule has 2 amide bonds. The molecule has 31 heavy (non-hydrogen) atoms. The molecule has 1 aliphatic rings. The Morgan fingerprint density at radius 1 is 1.03 bits per heavy atom. The molecule has 0 fully saturated rings. The van der Waals surface area contributed by atoms with Gasteiger partial charge < -0.3 is 20.5 Å². The van der Waals surface area contributed by atoms with E-state index in [4.69, 9.17) is 4.74 Å². The number of carbonyl (C=O) groups excluding carboxylic acids is 2. The first-order valence-electron chi connectivity index (χ1n) is 10.5. The zero-order valence-corrected chi connectivity index (χ0v) is 18.0. The standard InChI is InChI=1S/C24H28N2O5/c1-4-20(21(27)26-24(3,5-2)22(28)29)25-23(30)31-14-19-17-12-8-6-10-15(17)16-11-7-9-13-18(16)19/h6-13,19-20H,4-5,14H2,1-3H3,(H,25,30)(H,26,27)(H,28,29)/t20-,24?/m1/s1. The number of rotatable bonds is 8. The molecule has 1 unspecified atom stereocenters. The van der Waals surface area contributed by atoms with Crippen molar-refractivity contribution in [1.29, 1.82) is 0 Å². The van der Waals surface area contributed by atoms with E-state index in [2.05, 4.69) is 22.8 Å². The van der Waals surface area contributed by atoms with Crippen LogP contribution in [0.15, 0.2) is 48.5 Å². The predicted octanol–water partition coefficient (Wildman–Crippen LogP) is 3.67. The van der Waals surface area contributed by atoms with Crippen LogP contribution in [0.4, 0.5) is 4.79 Å². The van der Waals surface area contributed by atoms with E-state index in [0.717, 1.165) is 22.3 Å². The lowest BCUT2D eigenvalue weighted by atomic mass is 9.98. The largest absolute Gasteiger partial charge is 0.480 e. The fourth-order valence-corrected chi connectivity index (χ4v) is 3.79. The second kappa shape index (κ2) is 9.20. The van der Waals surface area contributed by atoms with Crippen LogP contribution in [0.25, 0.3) is 11.1 Å². The van der Waals surface area contributed by atoms with Gasteiger partial charge in [-0.25, -0.2) is 9.59 Å². The highest BCUT2D eigenvalue weighted by molar-refractivity contribution is 5.91. The van der Waals surface area contributed by atoms with Crippen LogP contribution < -0.4 is 10.6 Å². The van der Waals surface area contributed by atoms with Crippen LogP contribution in [0, 0.1) is 0 Å². The summed E-state index contributed by atoms with van der Waals surface area (Å²) in [6, 6.07) is 15.2. The number of carbonyl (C=O) groups is 3. The monoisotopic (exact) mass is 424 g/mol. The number of amides is 2. The highest BCUT2D eigenvalue weighted by Crippen LogP contribution is 2.44. The van der Waals surface area contributed by atoms with Gasteiger partial charge in [-0.3, -0.25) is 4.79 Å². The number of carboxylic acids is 1. The molecule has 2 atom stereocenters. The highest BCUT2D eigenvalue weighted by Gasteiger charge is 2.35. The molecule has 0 aliphatic heterocycles. The average Bonchev–Trinajstić information content (AvgIpc) is 3.09. The molecule has 3 rings (SSSR count). The van der Waals surface area contributed by atoms with Gasteiger partial charge in [0.2, 0.25) is 5.91 Å². The van der Waals surface area contributed by atoms with E-state index in [1.54, 1.807) is 13.8 Å². The molecule has 0 bridgehead atoms. The van der Waals surface area contributed by atoms with Crippen molar-refractivity contribution in [3.05, 3.63) is 59.7 Å². The number of nitrogens with one attached hydrogen (secondary N) is 2. The summed E-state index contributed by atoms with van der Waals surface area (Å²) in [5.41, 5.74) is 3.06. The smallest absolute Gasteiger partial charge is 0.407 e. The lowest BCUT2D eigenvalue weighted by molar-refractivity contribution is -0.147. The average molecular weight is 424 g/mol. The van der Waals surface area contributed by atoms with Crippen molar-refractivity contribution in [3.8, 4) is 11.1 Å². The number of hydrogen-bond acceptors (Lipinski definition) is 4. The van der Waals surface area contributed by atoms with Crippen molar-refractivity contribution in [2.45, 2.75) is 51.1 Å². The Labute approximate surface area is 181 Å². The summed E-state index contributed by atoms with van der Waals surface area (Å²) in [4.78, 5) is 36.4. The number of alkyl carbamates (subject to hydrolysis) is 1. The Bertz CT molecular complexity index is 944. The minimum Gasteiger partial charge on any atom is -0.480 e. The van der Waals surface area contributed by atoms with Gasteiger partial charge >= 0.3 is 12.1 Å². The molecule has 0 aromatic heterocycles. The summed E-state index contributed by atoms with van der Waals surface area (Å²) in [6.07, 6.45) is -0.192. The van der Waals surface area contributed by atoms with Gasteiger partial charge in [-0.2, -0.15) is 0 Å². The van der Waals surface area contributed by atoms with E-state index in [-0.39, 0.29) is 18.9 Å². The lowest BCUT2D eigenvalue weighted by Gasteiger charge is -2.27. The molecule has 0 spiro atoms. The number of fused-ring (bicyclic) bond motifs is 3. The van der Waals surface area contributed by atoms with Crippen LogP contribution in [0.2, 0.25) is 0 Å². The fraction of sp³-hybridized carbons (Fsp3) is 0.375. The minimum atomic E-state index is -1.40. The quantitative estimate of drug-likeness (QED) is 0.600. The molecule has 3 N–H and O–H groups in total. The maximum Gasteiger partial charge on any atom is 0.407 e. The molecule has 0 saturated heterocycles. The third kappa shape index (κ3) is 4.55. The maximum absolute atomic E-state index is 12.5. The van der Waals surface area contributed by atoms with Crippen molar-refractivity contribution in [1.82, 2.24) is 10.6 Å². The van der Waals surface area contributed by atoms with Crippen molar-refractivity contribution in [2.75, 3.05) is 6.61 Å². The van der Waals surface area contributed by atoms with E-state index in [0.29, 0.717) is 6.42 Å². The summed E-state index contributed by atoms with van der Waals surface area (Å²) in [5, 5.41) is 14.4. The molecule has 7 heteroatoms. The second-order valence-electron chi connectivity index (χ2n) is 7.91. The maximum atomic E-state index is 12.5. The normalized spacial score (nSPS) is 15.2. The van der Waals surface area contributed by atoms with Gasteiger partial charge in [-0.1, -0.05) is 62.4 Å². The minimum absolute atomic E-state index is 0.0811. The first kappa shape index (κ1) is 22.3. The summed E-state index contributed by atoms with van der Waals surface area (Å²) in [6.45, 7) is 4.99. The van der Waals surface area contributed by atoms with Crippen LogP contribution in [-0.4, -0.2) is 41.3 Å².